The molecule has 0 aliphatic carbocycles. The van der Waals surface area contributed by atoms with Gasteiger partial charge in [-0.15, -0.1) is 80.8 Å². The van der Waals surface area contributed by atoms with Crippen molar-refractivity contribution in [2.24, 2.45) is 0 Å². The van der Waals surface area contributed by atoms with Gasteiger partial charge in [0, 0.05) is 0 Å². The number of halogens is 4. The largest absolute Gasteiger partial charge is 0.124 e. The summed E-state index contributed by atoms with van der Waals surface area (Å²) in [6, 6.07) is 0. The third kappa shape index (κ3) is 50.2. The van der Waals surface area contributed by atoms with Crippen molar-refractivity contribution in [2.45, 2.75) is 0 Å². The average molecular weight is 350 g/mol. The van der Waals surface area contributed by atoms with Crippen LogP contribution < -0.4 is 0 Å². The van der Waals surface area contributed by atoms with E-state index in [1.54, 1.807) is 0 Å². The predicted octanol–water partition coefficient (Wildman–Crippen LogP) is 2.56. The van der Waals surface area contributed by atoms with Gasteiger partial charge in [-0.3, -0.25) is 0 Å². The van der Waals surface area contributed by atoms with Crippen molar-refractivity contribution >= 4 is 67.9 Å². The summed E-state index contributed by atoms with van der Waals surface area (Å²) < 4.78 is 0. The molecule has 0 amide bonds. The van der Waals surface area contributed by atoms with E-state index in [0.717, 1.165) is 0 Å². The second-order valence-electron chi connectivity index (χ2n) is 0. The fourth-order valence-electron chi connectivity index (χ4n) is 0. The molecule has 0 aliphatic rings. The van der Waals surface area contributed by atoms with Gasteiger partial charge in [-0.1, -0.05) is 0 Å². The Kier molecular flexibility index (Phi) is 756. The Balaban J connectivity index is -0.000000000833. The quantitative estimate of drug-likeness (QED) is 0.590. The van der Waals surface area contributed by atoms with Crippen LogP contribution in [0.25, 0.3) is 0 Å². The molecule has 0 nitrogen and oxygen atoms in total. The van der Waals surface area contributed by atoms with Gasteiger partial charge in [0.15, 0.2) is 0 Å². The van der Waals surface area contributed by atoms with Crippen molar-refractivity contribution in [3.63, 3.8) is 0 Å². The van der Waals surface area contributed by atoms with Gasteiger partial charge in [-0.2, -0.15) is 0 Å². The monoisotopic (exact) mass is 346 g/mol. The van der Waals surface area contributed by atoms with Gasteiger partial charge >= 0.3 is 0 Å². The molecule has 0 bridgehead atoms. The first-order valence-electron chi connectivity index (χ1n) is 0.333. The van der Waals surface area contributed by atoms with E-state index in [-0.39, 0.29) is 67.9 Å². The summed E-state index contributed by atoms with van der Waals surface area (Å²) in [5.74, 6) is 0. The molecule has 0 aromatic rings. The predicted molar refractivity (Wildman–Crippen MR) is 51.2 cm³/mol. The molecule has 0 radical (unpaired) electrons. The SMILES string of the molecule is Br.Br.Br.Br.C#C. The van der Waals surface area contributed by atoms with Crippen LogP contribution in [0.5, 0.6) is 0 Å². The van der Waals surface area contributed by atoms with Crippen LogP contribution in [0.3, 0.4) is 0 Å². The van der Waals surface area contributed by atoms with Crippen LogP contribution in [0.15, 0.2) is 0 Å². The van der Waals surface area contributed by atoms with Crippen LogP contribution in [0.4, 0.5) is 0 Å². The highest BCUT2D eigenvalue weighted by molar-refractivity contribution is 8.93. The standard InChI is InChI=1S/C2H2.4BrH/c1-2;;;;/h1-2H;4*1H. The van der Waals surface area contributed by atoms with E-state index < -0.39 is 0 Å². The summed E-state index contributed by atoms with van der Waals surface area (Å²) in [5.41, 5.74) is 0. The minimum Gasteiger partial charge on any atom is -0.124 e. The van der Waals surface area contributed by atoms with Crippen molar-refractivity contribution in [2.75, 3.05) is 0 Å². The number of hydrogen-bond donors (Lipinski definition) is 0. The lowest BCUT2D eigenvalue weighted by molar-refractivity contribution is 3.31. The molecule has 0 N–H and O–H groups in total. The lowest BCUT2D eigenvalue weighted by Gasteiger charge is -0.701. The smallest absolute Gasteiger partial charge is 0.114 e. The Morgan fingerprint density at radius 1 is 0.500 bits per heavy atom. The zero-order valence-corrected chi connectivity index (χ0v) is 9.64. The molecular formula is C2H6Br4. The highest BCUT2D eigenvalue weighted by atomic mass is 79.9. The van der Waals surface area contributed by atoms with E-state index in [0.29, 0.717) is 0 Å². The van der Waals surface area contributed by atoms with Gasteiger partial charge in [0.1, 0.15) is 0 Å². The van der Waals surface area contributed by atoms with E-state index in [1.807, 2.05) is 0 Å². The maximum atomic E-state index is 4.00. The van der Waals surface area contributed by atoms with Crippen LogP contribution >= 0.6 is 67.9 Å². The Morgan fingerprint density at radius 3 is 0.500 bits per heavy atom. The number of terminal acetylenes is 1. The van der Waals surface area contributed by atoms with Crippen molar-refractivity contribution in [3.8, 4) is 12.8 Å². The summed E-state index contributed by atoms with van der Waals surface area (Å²) in [6.07, 6.45) is 8.00. The molecule has 0 aromatic carbocycles. The summed E-state index contributed by atoms with van der Waals surface area (Å²) in [4.78, 5) is 0. The number of rotatable bonds is 0. The lowest BCUT2D eigenvalue weighted by atomic mass is 11.4. The molecule has 0 fully saturated rings. The lowest BCUT2D eigenvalue weighted by Crippen LogP contribution is -0.576. The van der Waals surface area contributed by atoms with Gasteiger partial charge in [-0.05, 0) is 0 Å². The zero-order chi connectivity index (χ0) is 2.00. The van der Waals surface area contributed by atoms with Crippen molar-refractivity contribution in [1.82, 2.24) is 0 Å². The second-order valence-corrected chi connectivity index (χ2v) is 0. The van der Waals surface area contributed by atoms with Gasteiger partial charge in [0.2, 0.25) is 0 Å². The Bertz CT molecular complexity index is 10.3. The van der Waals surface area contributed by atoms with Gasteiger partial charge in [-0.25, -0.2) is 0 Å². The second kappa shape index (κ2) is 88.8. The highest BCUT2D eigenvalue weighted by Crippen LogP contribution is 0.849. The first kappa shape index (κ1) is 51.1. The molecule has 0 aromatic heterocycles. The maximum Gasteiger partial charge on any atom is -0.114 e. The van der Waals surface area contributed by atoms with Crippen LogP contribution in [0.1, 0.15) is 0 Å². The molecule has 0 saturated heterocycles. The molecule has 0 saturated carbocycles. The Hall–Kier alpha value is 1.48. The van der Waals surface area contributed by atoms with Gasteiger partial charge in [0.25, 0.3) is 0 Å². The molecule has 0 rings (SSSR count). The topological polar surface area (TPSA) is 0 Å². The molecular weight excluding hydrogens is 344 g/mol. The van der Waals surface area contributed by atoms with Crippen molar-refractivity contribution in [3.05, 3.63) is 0 Å². The summed E-state index contributed by atoms with van der Waals surface area (Å²) in [6.45, 7) is 0. The molecule has 6 heavy (non-hydrogen) atoms. The highest BCUT2D eigenvalue weighted by Gasteiger charge is 0.454. The van der Waals surface area contributed by atoms with E-state index in [2.05, 4.69) is 12.8 Å². The number of hydrogen-bond acceptors (Lipinski definition) is 0. The van der Waals surface area contributed by atoms with Crippen LogP contribution in [-0.2, 0) is 0 Å². The van der Waals surface area contributed by atoms with Gasteiger partial charge < -0.3 is 0 Å². The van der Waals surface area contributed by atoms with Crippen LogP contribution in [0.2, 0.25) is 0 Å². The van der Waals surface area contributed by atoms with E-state index in [1.165, 1.54) is 0 Å². The van der Waals surface area contributed by atoms with Crippen LogP contribution in [-0.4, -0.2) is 0 Å². The minimum atomic E-state index is 0. The van der Waals surface area contributed by atoms with Gasteiger partial charge in [0.05, 0.1) is 0 Å². The van der Waals surface area contributed by atoms with Crippen LogP contribution in [0, 0.1) is 12.8 Å². The summed E-state index contributed by atoms with van der Waals surface area (Å²) in [7, 11) is 0. The molecule has 0 aliphatic heterocycles. The third-order valence-corrected chi connectivity index (χ3v) is 0. The van der Waals surface area contributed by atoms with E-state index >= 15 is 0 Å². The first-order chi connectivity index (χ1) is 1.00. The molecule has 0 heterocycles. The average Bonchev–Trinajstić information content (AvgIpc) is 1.00. The fourth-order valence-corrected chi connectivity index (χ4v) is 0. The molecule has 4 heteroatoms. The van der Waals surface area contributed by atoms with Crippen molar-refractivity contribution < 1.29 is 0 Å². The summed E-state index contributed by atoms with van der Waals surface area (Å²) in [5, 5.41) is 0. The molecule has 42 valence electrons. The van der Waals surface area contributed by atoms with Crippen molar-refractivity contribution in [1.29, 1.82) is 0 Å². The fraction of sp³-hybridized carbons (Fsp3) is 0. The third-order valence-electron chi connectivity index (χ3n) is 0. The molecule has 0 unspecified atom stereocenters. The Labute approximate surface area is 80.2 Å². The molecule has 0 spiro atoms. The zero-order valence-electron chi connectivity index (χ0n) is 2.79. The normalized spacial score (nSPS) is 0.333. The minimum absolute atomic E-state index is 0. The summed E-state index contributed by atoms with van der Waals surface area (Å²) >= 11 is 0. The molecule has 0 atom stereocenters. The maximum absolute atomic E-state index is 4.00. The first-order valence-corrected chi connectivity index (χ1v) is 0.333. The Morgan fingerprint density at radius 2 is 0.500 bits per heavy atom. The van der Waals surface area contributed by atoms with E-state index in [9.17, 15) is 0 Å². The van der Waals surface area contributed by atoms with E-state index in [4.69, 9.17) is 0 Å².